The van der Waals surface area contributed by atoms with Crippen LogP contribution < -0.4 is 0 Å². The van der Waals surface area contributed by atoms with E-state index >= 15 is 0 Å². The fraction of sp³-hybridized carbons (Fsp3) is 0.158. The number of halogens is 2. The van der Waals surface area contributed by atoms with Crippen LogP contribution in [0.4, 0.5) is 0 Å². The van der Waals surface area contributed by atoms with E-state index in [1.165, 1.54) is 6.20 Å². The van der Waals surface area contributed by atoms with Gasteiger partial charge in [-0.1, -0.05) is 65.7 Å². The van der Waals surface area contributed by atoms with E-state index in [9.17, 15) is 9.90 Å². The van der Waals surface area contributed by atoms with Crippen molar-refractivity contribution in [1.29, 1.82) is 0 Å². The lowest BCUT2D eigenvalue weighted by Gasteiger charge is -2.21. The predicted octanol–water partition coefficient (Wildman–Crippen LogP) is 4.63. The number of fused-ring (bicyclic) bond motifs is 1. The van der Waals surface area contributed by atoms with Crippen LogP contribution in [-0.2, 0) is 17.9 Å². The van der Waals surface area contributed by atoms with Crippen molar-refractivity contribution in [3.8, 4) is 0 Å². The van der Waals surface area contributed by atoms with E-state index in [-0.39, 0.29) is 6.54 Å². The van der Waals surface area contributed by atoms with Crippen molar-refractivity contribution in [3.05, 3.63) is 76.0 Å². The van der Waals surface area contributed by atoms with Crippen molar-refractivity contribution in [2.24, 2.45) is 0 Å². The summed E-state index contributed by atoms with van der Waals surface area (Å²) in [5.74, 6) is -0.862. The van der Waals surface area contributed by atoms with Crippen molar-refractivity contribution >= 4 is 39.9 Å². The highest BCUT2D eigenvalue weighted by molar-refractivity contribution is 6.39. The third-order valence-electron chi connectivity index (χ3n) is 3.87. The molecule has 0 radical (unpaired) electrons. The lowest BCUT2D eigenvalue weighted by Crippen LogP contribution is -2.28. The van der Waals surface area contributed by atoms with E-state index in [2.05, 4.69) is 4.98 Å². The van der Waals surface area contributed by atoms with Crippen LogP contribution in [0.15, 0.2) is 54.7 Å². The Labute approximate surface area is 155 Å². The number of carboxylic acid groups (broad SMARTS) is 1. The first-order valence-corrected chi connectivity index (χ1v) is 8.49. The van der Waals surface area contributed by atoms with Gasteiger partial charge in [-0.2, -0.15) is 0 Å². The predicted molar refractivity (Wildman–Crippen MR) is 100.0 cm³/mol. The SMILES string of the molecule is O=C(O)CN(Cc1ccccc1)Cc1ccc2c(Cl)cnc(Cl)c2c1. The Morgan fingerprint density at radius 3 is 2.44 bits per heavy atom. The summed E-state index contributed by atoms with van der Waals surface area (Å²) >= 11 is 12.3. The third kappa shape index (κ3) is 4.48. The Balaban J connectivity index is 1.87. The van der Waals surface area contributed by atoms with Crippen LogP contribution in [0.5, 0.6) is 0 Å². The Kier molecular flexibility index (Phi) is 5.53. The molecule has 1 aromatic heterocycles. The number of carbonyl (C=O) groups is 1. The zero-order valence-electron chi connectivity index (χ0n) is 13.3. The van der Waals surface area contributed by atoms with Gasteiger partial charge in [0.1, 0.15) is 5.15 Å². The topological polar surface area (TPSA) is 53.4 Å². The largest absolute Gasteiger partial charge is 0.480 e. The molecule has 0 fully saturated rings. The van der Waals surface area contributed by atoms with Gasteiger partial charge in [0.15, 0.2) is 0 Å². The first kappa shape index (κ1) is 17.7. The quantitative estimate of drug-likeness (QED) is 0.639. The number of carboxylic acids is 1. The maximum absolute atomic E-state index is 11.2. The summed E-state index contributed by atoms with van der Waals surface area (Å²) in [6.45, 7) is 0.987. The molecule has 0 saturated heterocycles. The molecule has 0 spiro atoms. The summed E-state index contributed by atoms with van der Waals surface area (Å²) in [4.78, 5) is 17.1. The van der Waals surface area contributed by atoms with Crippen molar-refractivity contribution in [2.75, 3.05) is 6.54 Å². The number of benzene rings is 2. The zero-order chi connectivity index (χ0) is 17.8. The second-order valence-electron chi connectivity index (χ2n) is 5.80. The van der Waals surface area contributed by atoms with E-state index in [0.29, 0.717) is 23.3 Å². The minimum atomic E-state index is -0.862. The molecule has 3 aromatic rings. The van der Waals surface area contributed by atoms with Gasteiger partial charge in [-0.05, 0) is 17.2 Å². The number of rotatable bonds is 6. The second-order valence-corrected chi connectivity index (χ2v) is 6.57. The molecule has 0 aliphatic heterocycles. The van der Waals surface area contributed by atoms with Crippen LogP contribution in [0.3, 0.4) is 0 Å². The number of hydrogen-bond acceptors (Lipinski definition) is 3. The highest BCUT2D eigenvalue weighted by Gasteiger charge is 2.13. The first-order valence-electron chi connectivity index (χ1n) is 7.73. The van der Waals surface area contributed by atoms with Gasteiger partial charge in [0.25, 0.3) is 0 Å². The number of hydrogen-bond donors (Lipinski definition) is 1. The van der Waals surface area contributed by atoms with Gasteiger partial charge in [-0.25, -0.2) is 4.98 Å². The van der Waals surface area contributed by atoms with Gasteiger partial charge in [0, 0.05) is 30.1 Å². The molecule has 0 bridgehead atoms. The molecule has 3 rings (SSSR count). The average molecular weight is 375 g/mol. The Bertz CT molecular complexity index is 901. The molecule has 0 atom stereocenters. The molecule has 0 aliphatic carbocycles. The molecule has 0 saturated carbocycles. The maximum atomic E-state index is 11.2. The van der Waals surface area contributed by atoms with Crippen molar-refractivity contribution in [2.45, 2.75) is 13.1 Å². The molecule has 0 aliphatic rings. The highest BCUT2D eigenvalue weighted by Crippen LogP contribution is 2.29. The summed E-state index contributed by atoms with van der Waals surface area (Å²) < 4.78 is 0. The van der Waals surface area contributed by atoms with E-state index in [4.69, 9.17) is 23.2 Å². The molecule has 0 unspecified atom stereocenters. The van der Waals surface area contributed by atoms with Gasteiger partial charge < -0.3 is 5.11 Å². The van der Waals surface area contributed by atoms with Crippen LogP contribution >= 0.6 is 23.2 Å². The second kappa shape index (κ2) is 7.83. The Morgan fingerprint density at radius 2 is 1.72 bits per heavy atom. The van der Waals surface area contributed by atoms with Crippen LogP contribution in [0, 0.1) is 0 Å². The van der Waals surface area contributed by atoms with Gasteiger partial charge in [-0.3, -0.25) is 9.69 Å². The molecule has 4 nitrogen and oxygen atoms in total. The number of aliphatic carboxylic acids is 1. The Morgan fingerprint density at radius 1 is 1.00 bits per heavy atom. The van der Waals surface area contributed by atoms with Gasteiger partial charge in [0.05, 0.1) is 11.6 Å². The Hall–Kier alpha value is -2.14. The lowest BCUT2D eigenvalue weighted by atomic mass is 10.1. The summed E-state index contributed by atoms with van der Waals surface area (Å²) in [5.41, 5.74) is 2.02. The summed E-state index contributed by atoms with van der Waals surface area (Å²) in [6, 6.07) is 15.5. The molecular weight excluding hydrogens is 359 g/mol. The first-order chi connectivity index (χ1) is 12.0. The number of nitrogens with zero attached hydrogens (tertiary/aromatic N) is 2. The number of aromatic nitrogens is 1. The minimum absolute atomic E-state index is 0.0472. The molecular formula is C19H16Cl2N2O2. The molecule has 2 aromatic carbocycles. The summed E-state index contributed by atoms with van der Waals surface area (Å²) in [6.07, 6.45) is 1.53. The standard InChI is InChI=1S/C19H16Cl2N2O2/c20-17-9-22-19(21)16-8-14(6-7-15(16)17)11-23(12-18(24)25)10-13-4-2-1-3-5-13/h1-9H,10-12H2,(H,24,25). The van der Waals surface area contributed by atoms with Crippen LogP contribution in [-0.4, -0.2) is 27.5 Å². The van der Waals surface area contributed by atoms with Gasteiger partial charge in [0.2, 0.25) is 0 Å². The van der Waals surface area contributed by atoms with Gasteiger partial charge >= 0.3 is 5.97 Å². The number of pyridine rings is 1. The molecule has 1 heterocycles. The molecule has 0 amide bonds. The van der Waals surface area contributed by atoms with Crippen LogP contribution in [0.1, 0.15) is 11.1 Å². The van der Waals surface area contributed by atoms with Crippen molar-refractivity contribution < 1.29 is 9.90 Å². The fourth-order valence-electron chi connectivity index (χ4n) is 2.78. The van der Waals surface area contributed by atoms with E-state index in [1.807, 2.05) is 53.4 Å². The fourth-order valence-corrected chi connectivity index (χ4v) is 3.20. The smallest absolute Gasteiger partial charge is 0.317 e. The van der Waals surface area contributed by atoms with E-state index in [0.717, 1.165) is 21.9 Å². The molecule has 25 heavy (non-hydrogen) atoms. The highest BCUT2D eigenvalue weighted by atomic mass is 35.5. The molecule has 1 N–H and O–H groups in total. The lowest BCUT2D eigenvalue weighted by molar-refractivity contribution is -0.138. The monoisotopic (exact) mass is 374 g/mol. The maximum Gasteiger partial charge on any atom is 0.317 e. The van der Waals surface area contributed by atoms with Crippen molar-refractivity contribution in [3.63, 3.8) is 0 Å². The van der Waals surface area contributed by atoms with E-state index in [1.54, 1.807) is 0 Å². The van der Waals surface area contributed by atoms with Crippen LogP contribution in [0.2, 0.25) is 10.2 Å². The molecule has 6 heteroatoms. The average Bonchev–Trinajstić information content (AvgIpc) is 2.59. The summed E-state index contributed by atoms with van der Waals surface area (Å²) in [7, 11) is 0. The minimum Gasteiger partial charge on any atom is -0.480 e. The van der Waals surface area contributed by atoms with Gasteiger partial charge in [-0.15, -0.1) is 0 Å². The normalized spacial score (nSPS) is 11.2. The molecule has 128 valence electrons. The zero-order valence-corrected chi connectivity index (χ0v) is 14.8. The van der Waals surface area contributed by atoms with E-state index < -0.39 is 5.97 Å². The van der Waals surface area contributed by atoms with Crippen molar-refractivity contribution in [1.82, 2.24) is 9.88 Å². The van der Waals surface area contributed by atoms with Crippen LogP contribution in [0.25, 0.3) is 10.8 Å². The third-order valence-corrected chi connectivity index (χ3v) is 4.47. The summed E-state index contributed by atoms with van der Waals surface area (Å²) in [5, 5.41) is 11.7.